The van der Waals surface area contributed by atoms with Gasteiger partial charge in [0.15, 0.2) is 0 Å². The molecule has 0 radical (unpaired) electrons. The van der Waals surface area contributed by atoms with Crippen LogP contribution in [-0.4, -0.2) is 31.5 Å². The number of anilines is 1. The third kappa shape index (κ3) is 5.61. The summed E-state index contributed by atoms with van der Waals surface area (Å²) in [5.41, 5.74) is 3.47. The van der Waals surface area contributed by atoms with Gasteiger partial charge in [0, 0.05) is 12.1 Å². The van der Waals surface area contributed by atoms with E-state index in [9.17, 15) is 23.3 Å². The highest BCUT2D eigenvalue weighted by Gasteiger charge is 2.34. The molecule has 0 aliphatic rings. The van der Waals surface area contributed by atoms with Crippen molar-refractivity contribution >= 4 is 27.3 Å². The van der Waals surface area contributed by atoms with Gasteiger partial charge in [-0.25, -0.2) is 8.42 Å². The van der Waals surface area contributed by atoms with Crippen molar-refractivity contribution in [2.45, 2.75) is 53.1 Å². The summed E-state index contributed by atoms with van der Waals surface area (Å²) in [6, 6.07) is 8.51. The van der Waals surface area contributed by atoms with E-state index in [1.807, 2.05) is 39.0 Å². The lowest BCUT2D eigenvalue weighted by Gasteiger charge is -2.32. The number of non-ortho nitro benzene ring substituents is 1. The molecule has 0 aliphatic heterocycles. The molecule has 0 spiro atoms. The van der Waals surface area contributed by atoms with Crippen LogP contribution in [0.4, 0.5) is 11.4 Å². The minimum atomic E-state index is -3.90. The topological polar surface area (TPSA) is 110 Å². The molecule has 0 bridgehead atoms. The Hall–Kier alpha value is -2.94. The molecule has 0 unspecified atom stereocenters. The molecule has 168 valence electrons. The molecular formula is C22H29N3O5S. The van der Waals surface area contributed by atoms with Crippen LogP contribution in [0.3, 0.4) is 0 Å². The van der Waals surface area contributed by atoms with Crippen LogP contribution in [0.5, 0.6) is 0 Å². The van der Waals surface area contributed by atoms with E-state index in [0.29, 0.717) is 5.56 Å². The fraction of sp³-hybridized carbons (Fsp3) is 0.409. The predicted octanol–water partition coefficient (Wildman–Crippen LogP) is 3.94. The lowest BCUT2D eigenvalue weighted by molar-refractivity contribution is -0.384. The molecule has 0 fully saturated rings. The van der Waals surface area contributed by atoms with Gasteiger partial charge >= 0.3 is 0 Å². The molecule has 0 saturated heterocycles. The normalized spacial score (nSPS) is 13.4. The number of hydrogen-bond donors (Lipinski definition) is 1. The highest BCUT2D eigenvalue weighted by molar-refractivity contribution is 7.92. The lowest BCUT2D eigenvalue weighted by atomic mass is 10.00. The number of nitrogens with one attached hydrogen (secondary N) is 1. The second kappa shape index (κ2) is 9.47. The molecule has 31 heavy (non-hydrogen) atoms. The highest BCUT2D eigenvalue weighted by Crippen LogP contribution is 2.30. The Morgan fingerprint density at radius 2 is 1.77 bits per heavy atom. The predicted molar refractivity (Wildman–Crippen MR) is 122 cm³/mol. The zero-order valence-electron chi connectivity index (χ0n) is 18.7. The molecular weight excluding hydrogens is 418 g/mol. The number of rotatable bonds is 8. The summed E-state index contributed by atoms with van der Waals surface area (Å²) in [7, 11) is -3.90. The maximum Gasteiger partial charge on any atom is 0.271 e. The Balaban J connectivity index is 2.45. The smallest absolute Gasteiger partial charge is 0.271 e. The maximum absolute atomic E-state index is 13.2. The van der Waals surface area contributed by atoms with Crippen molar-refractivity contribution in [2.24, 2.45) is 0 Å². The van der Waals surface area contributed by atoms with E-state index in [0.717, 1.165) is 27.3 Å². The third-order valence-corrected chi connectivity index (χ3v) is 6.39. The molecule has 0 saturated carbocycles. The van der Waals surface area contributed by atoms with Crippen LogP contribution in [0, 0.1) is 30.9 Å². The Kier molecular flexibility index (Phi) is 7.43. The summed E-state index contributed by atoms with van der Waals surface area (Å²) >= 11 is 0. The molecule has 1 amide bonds. The molecule has 8 nitrogen and oxygen atoms in total. The second-order valence-electron chi connectivity index (χ2n) is 7.80. The van der Waals surface area contributed by atoms with Crippen LogP contribution in [0.15, 0.2) is 36.4 Å². The van der Waals surface area contributed by atoms with Crippen LogP contribution >= 0.6 is 0 Å². The molecule has 2 atom stereocenters. The monoisotopic (exact) mass is 447 g/mol. The number of nitrogens with zero attached hydrogens (tertiary/aromatic N) is 2. The Morgan fingerprint density at radius 1 is 1.13 bits per heavy atom. The van der Waals surface area contributed by atoms with Crippen molar-refractivity contribution in [1.82, 2.24) is 5.32 Å². The number of carbonyl (C=O) groups is 1. The van der Waals surface area contributed by atoms with Crippen molar-refractivity contribution in [3.05, 3.63) is 68.8 Å². The fourth-order valence-electron chi connectivity index (χ4n) is 3.68. The van der Waals surface area contributed by atoms with Crippen LogP contribution in [0.2, 0.25) is 0 Å². The van der Waals surface area contributed by atoms with Crippen molar-refractivity contribution in [3.8, 4) is 0 Å². The van der Waals surface area contributed by atoms with Crippen LogP contribution < -0.4 is 9.62 Å². The molecule has 2 aromatic rings. The van der Waals surface area contributed by atoms with E-state index >= 15 is 0 Å². The first-order valence-corrected chi connectivity index (χ1v) is 11.8. The summed E-state index contributed by atoms with van der Waals surface area (Å²) in [5, 5.41) is 14.1. The minimum Gasteiger partial charge on any atom is -0.348 e. The number of aryl methyl sites for hydroxylation is 3. The number of nitro groups is 1. The van der Waals surface area contributed by atoms with Gasteiger partial charge in [0.1, 0.15) is 6.04 Å². The molecule has 0 aromatic heterocycles. The maximum atomic E-state index is 13.2. The van der Waals surface area contributed by atoms with E-state index < -0.39 is 26.9 Å². The Labute approximate surface area is 183 Å². The quantitative estimate of drug-likeness (QED) is 0.487. The number of benzene rings is 2. The second-order valence-corrected chi connectivity index (χ2v) is 9.66. The first kappa shape index (κ1) is 24.3. The Bertz CT molecular complexity index is 1100. The molecule has 2 aromatic carbocycles. The van der Waals surface area contributed by atoms with Crippen molar-refractivity contribution in [3.63, 3.8) is 0 Å². The van der Waals surface area contributed by atoms with Gasteiger partial charge in [0.25, 0.3) is 5.69 Å². The minimum absolute atomic E-state index is 0.123. The van der Waals surface area contributed by atoms with Crippen LogP contribution in [0.1, 0.15) is 48.6 Å². The largest absolute Gasteiger partial charge is 0.348 e. The van der Waals surface area contributed by atoms with Gasteiger partial charge in [0.2, 0.25) is 15.9 Å². The third-order valence-electron chi connectivity index (χ3n) is 5.22. The first-order chi connectivity index (χ1) is 14.4. The first-order valence-electron chi connectivity index (χ1n) is 9.98. The number of hydrogen-bond acceptors (Lipinski definition) is 5. The zero-order chi connectivity index (χ0) is 23.5. The standard InChI is InChI=1S/C22H29N3O5S/c1-7-20(22(26)23-17(5)19-11-8-14(2)12-16(19)4)24(31(6,29)30)21-13-18(25(27)28)10-9-15(21)3/h8-13,17,20H,7H2,1-6H3,(H,23,26)/t17-,20+/m1/s1. The lowest BCUT2D eigenvalue weighted by Crippen LogP contribution is -2.50. The summed E-state index contributed by atoms with van der Waals surface area (Å²) in [4.78, 5) is 23.8. The van der Waals surface area contributed by atoms with Gasteiger partial charge in [-0.1, -0.05) is 36.8 Å². The van der Waals surface area contributed by atoms with Crippen molar-refractivity contribution < 1.29 is 18.1 Å². The van der Waals surface area contributed by atoms with E-state index in [-0.39, 0.29) is 23.8 Å². The van der Waals surface area contributed by atoms with Crippen molar-refractivity contribution in [1.29, 1.82) is 0 Å². The zero-order valence-corrected chi connectivity index (χ0v) is 19.5. The summed E-state index contributed by atoms with van der Waals surface area (Å²) in [6.45, 7) is 9.14. The molecule has 9 heteroatoms. The van der Waals surface area contributed by atoms with Gasteiger partial charge in [0.05, 0.1) is 22.9 Å². The van der Waals surface area contributed by atoms with Gasteiger partial charge in [-0.3, -0.25) is 19.2 Å². The van der Waals surface area contributed by atoms with Gasteiger partial charge in [-0.05, 0) is 50.8 Å². The van der Waals surface area contributed by atoms with Gasteiger partial charge < -0.3 is 5.32 Å². The average Bonchev–Trinajstić information content (AvgIpc) is 2.65. The fourth-order valence-corrected chi connectivity index (χ4v) is 4.94. The number of amides is 1. The van der Waals surface area contributed by atoms with E-state index in [1.165, 1.54) is 18.2 Å². The SMILES string of the molecule is CC[C@@H](C(=O)N[C@H](C)c1ccc(C)cc1C)N(c1cc([N+](=O)[O-])ccc1C)S(C)(=O)=O. The molecule has 0 heterocycles. The summed E-state index contributed by atoms with van der Waals surface area (Å²) in [6.07, 6.45) is 1.19. The molecule has 1 N–H and O–H groups in total. The van der Waals surface area contributed by atoms with Crippen LogP contribution in [0.25, 0.3) is 0 Å². The molecule has 0 aliphatic carbocycles. The number of sulfonamides is 1. The summed E-state index contributed by atoms with van der Waals surface area (Å²) in [5.74, 6) is -0.466. The van der Waals surface area contributed by atoms with Crippen LogP contribution in [-0.2, 0) is 14.8 Å². The highest BCUT2D eigenvalue weighted by atomic mass is 32.2. The van der Waals surface area contributed by atoms with Gasteiger partial charge in [-0.2, -0.15) is 0 Å². The van der Waals surface area contributed by atoms with E-state index in [4.69, 9.17) is 0 Å². The summed E-state index contributed by atoms with van der Waals surface area (Å²) < 4.78 is 26.4. The Morgan fingerprint density at radius 3 is 2.29 bits per heavy atom. The average molecular weight is 448 g/mol. The van der Waals surface area contributed by atoms with E-state index in [2.05, 4.69) is 5.32 Å². The van der Waals surface area contributed by atoms with Gasteiger partial charge in [-0.15, -0.1) is 0 Å². The van der Waals surface area contributed by atoms with E-state index in [1.54, 1.807) is 13.8 Å². The molecule has 2 rings (SSSR count). The van der Waals surface area contributed by atoms with Crippen molar-refractivity contribution in [2.75, 3.05) is 10.6 Å². The number of carbonyl (C=O) groups excluding carboxylic acids is 1. The number of nitro benzene ring substituents is 1.